The molecule has 0 aliphatic heterocycles. The molecule has 1 amide bonds. The number of amides is 1. The van der Waals surface area contributed by atoms with Crippen molar-refractivity contribution in [3.05, 3.63) is 82.3 Å². The van der Waals surface area contributed by atoms with Crippen molar-refractivity contribution < 1.29 is 9.21 Å². The van der Waals surface area contributed by atoms with Gasteiger partial charge in [-0.25, -0.2) is 4.98 Å². The van der Waals surface area contributed by atoms with Crippen molar-refractivity contribution in [2.75, 3.05) is 4.90 Å². The normalized spacial score (nSPS) is 11.4. The first-order valence-electron chi connectivity index (χ1n) is 9.89. The molecular weight excluding hydrogens is 416 g/mol. The van der Waals surface area contributed by atoms with Gasteiger partial charge in [0.2, 0.25) is 5.91 Å². The monoisotopic (exact) mass is 438 g/mol. The largest absolute Gasteiger partial charge is 0.467 e. The number of carbonyl (C=O) groups is 1. The van der Waals surface area contributed by atoms with Crippen molar-refractivity contribution >= 4 is 44.2 Å². The van der Waals surface area contributed by atoms with Crippen molar-refractivity contribution in [2.45, 2.75) is 39.7 Å². The topological polar surface area (TPSA) is 46.3 Å². The molecule has 0 bridgehead atoms. The van der Waals surface area contributed by atoms with Gasteiger partial charge in [-0.3, -0.25) is 9.69 Å². The number of thiazole rings is 1. The number of aromatic nitrogens is 1. The Morgan fingerprint density at radius 3 is 2.60 bits per heavy atom. The first kappa shape index (κ1) is 20.6. The minimum atomic E-state index is -0.0218. The molecule has 0 aliphatic rings. The molecule has 4 nitrogen and oxygen atoms in total. The number of hydrogen-bond acceptors (Lipinski definition) is 4. The van der Waals surface area contributed by atoms with Gasteiger partial charge in [0, 0.05) is 5.02 Å². The van der Waals surface area contributed by atoms with E-state index in [4.69, 9.17) is 21.0 Å². The summed E-state index contributed by atoms with van der Waals surface area (Å²) in [5, 5.41) is 1.32. The van der Waals surface area contributed by atoms with E-state index in [1.54, 1.807) is 11.2 Å². The molecule has 0 unspecified atom stereocenters. The third-order valence-corrected chi connectivity index (χ3v) is 6.62. The lowest BCUT2D eigenvalue weighted by Gasteiger charge is -2.19. The fraction of sp³-hybridized carbons (Fsp3) is 0.250. The minimum absolute atomic E-state index is 0.0218. The zero-order valence-electron chi connectivity index (χ0n) is 17.2. The highest BCUT2D eigenvalue weighted by atomic mass is 35.5. The number of nitrogens with zero attached hydrogens (tertiary/aromatic N) is 2. The van der Waals surface area contributed by atoms with Gasteiger partial charge in [0.25, 0.3) is 0 Å². The molecule has 0 atom stereocenters. The third kappa shape index (κ3) is 4.27. The number of rotatable bonds is 6. The van der Waals surface area contributed by atoms with Crippen LogP contribution in [0.25, 0.3) is 10.2 Å². The Morgan fingerprint density at radius 2 is 1.93 bits per heavy atom. The Balaban J connectivity index is 1.65. The first-order chi connectivity index (χ1) is 14.4. The van der Waals surface area contributed by atoms with Gasteiger partial charge in [-0.1, -0.05) is 61.1 Å². The summed E-state index contributed by atoms with van der Waals surface area (Å²) in [7, 11) is 0. The second-order valence-corrected chi connectivity index (χ2v) is 9.06. The summed E-state index contributed by atoms with van der Waals surface area (Å²) in [6.45, 7) is 6.60. The molecular formula is C24H23ClN2O2S. The number of aryl methyl sites for hydroxylation is 1. The van der Waals surface area contributed by atoms with Crippen LogP contribution in [0.2, 0.25) is 5.02 Å². The van der Waals surface area contributed by atoms with E-state index in [-0.39, 0.29) is 5.91 Å². The predicted octanol–water partition coefficient (Wildman–Crippen LogP) is 6.75. The molecule has 30 heavy (non-hydrogen) atoms. The van der Waals surface area contributed by atoms with Gasteiger partial charge in [-0.2, -0.15) is 0 Å². The minimum Gasteiger partial charge on any atom is -0.467 e. The number of fused-ring (bicyclic) bond motifs is 1. The maximum absolute atomic E-state index is 13.3. The van der Waals surface area contributed by atoms with Crippen LogP contribution in [-0.4, -0.2) is 10.9 Å². The van der Waals surface area contributed by atoms with Gasteiger partial charge in [0.15, 0.2) is 5.13 Å². The molecule has 2 aromatic carbocycles. The lowest BCUT2D eigenvalue weighted by atomic mass is 10.0. The standard InChI is InChI=1S/C24H23ClN2O2S/c1-15(2)18-8-6-17(7-9-18)13-22(28)27(14-19-5-4-12-29-19)24-26-23-16(3)20(25)10-11-21(23)30-24/h4-12,15H,13-14H2,1-3H3. The quantitative estimate of drug-likeness (QED) is 0.334. The lowest BCUT2D eigenvalue weighted by molar-refractivity contribution is -0.118. The van der Waals surface area contributed by atoms with E-state index in [9.17, 15) is 4.79 Å². The van der Waals surface area contributed by atoms with Gasteiger partial charge in [0.1, 0.15) is 5.76 Å². The van der Waals surface area contributed by atoms with Crippen LogP contribution < -0.4 is 4.90 Å². The van der Waals surface area contributed by atoms with E-state index in [0.29, 0.717) is 34.8 Å². The molecule has 0 fully saturated rings. The molecule has 0 spiro atoms. The Morgan fingerprint density at radius 1 is 1.17 bits per heavy atom. The summed E-state index contributed by atoms with van der Waals surface area (Å²) in [6.07, 6.45) is 1.92. The number of benzene rings is 2. The molecule has 4 rings (SSSR count). The van der Waals surface area contributed by atoms with E-state index < -0.39 is 0 Å². The highest BCUT2D eigenvalue weighted by Crippen LogP contribution is 2.34. The molecule has 2 aromatic heterocycles. The molecule has 2 heterocycles. The summed E-state index contributed by atoms with van der Waals surface area (Å²) in [5.74, 6) is 1.15. The Kier molecular flexibility index (Phi) is 5.93. The zero-order chi connectivity index (χ0) is 21.3. The number of furan rings is 1. The lowest BCUT2D eigenvalue weighted by Crippen LogP contribution is -2.31. The molecule has 0 saturated heterocycles. The Hall–Kier alpha value is -2.63. The molecule has 0 radical (unpaired) electrons. The van der Waals surface area contributed by atoms with E-state index in [1.807, 2.05) is 43.3 Å². The van der Waals surface area contributed by atoms with Gasteiger partial charge >= 0.3 is 0 Å². The van der Waals surface area contributed by atoms with Crippen LogP contribution >= 0.6 is 22.9 Å². The highest BCUT2D eigenvalue weighted by Gasteiger charge is 2.22. The number of anilines is 1. The second kappa shape index (κ2) is 8.62. The molecule has 4 aromatic rings. The van der Waals surface area contributed by atoms with Crippen molar-refractivity contribution in [3.8, 4) is 0 Å². The number of halogens is 1. The van der Waals surface area contributed by atoms with E-state index in [2.05, 4.69) is 26.0 Å². The Labute approximate surface area is 185 Å². The van der Waals surface area contributed by atoms with Crippen molar-refractivity contribution in [1.29, 1.82) is 0 Å². The maximum atomic E-state index is 13.3. The van der Waals surface area contributed by atoms with Gasteiger partial charge in [-0.05, 0) is 53.8 Å². The van der Waals surface area contributed by atoms with E-state index in [1.165, 1.54) is 16.9 Å². The van der Waals surface area contributed by atoms with Crippen molar-refractivity contribution in [1.82, 2.24) is 4.98 Å². The van der Waals surface area contributed by atoms with Crippen LogP contribution in [0.15, 0.2) is 59.2 Å². The average molecular weight is 439 g/mol. The van der Waals surface area contributed by atoms with Crippen LogP contribution in [0, 0.1) is 6.92 Å². The Bertz CT molecular complexity index is 1160. The zero-order valence-corrected chi connectivity index (χ0v) is 18.8. The summed E-state index contributed by atoms with van der Waals surface area (Å²) < 4.78 is 6.51. The predicted molar refractivity (Wildman–Crippen MR) is 124 cm³/mol. The molecule has 6 heteroatoms. The summed E-state index contributed by atoms with van der Waals surface area (Å²) in [5.41, 5.74) is 4.00. The van der Waals surface area contributed by atoms with Crippen LogP contribution in [-0.2, 0) is 17.8 Å². The van der Waals surface area contributed by atoms with Gasteiger partial charge in [0.05, 0.1) is 29.4 Å². The van der Waals surface area contributed by atoms with Crippen LogP contribution in [0.5, 0.6) is 0 Å². The molecule has 0 N–H and O–H groups in total. The number of hydrogen-bond donors (Lipinski definition) is 0. The van der Waals surface area contributed by atoms with E-state index >= 15 is 0 Å². The smallest absolute Gasteiger partial charge is 0.233 e. The summed E-state index contributed by atoms with van der Waals surface area (Å²) in [4.78, 5) is 19.8. The van der Waals surface area contributed by atoms with Gasteiger partial charge in [-0.15, -0.1) is 0 Å². The summed E-state index contributed by atoms with van der Waals surface area (Å²) >= 11 is 7.75. The van der Waals surface area contributed by atoms with Crippen LogP contribution in [0.4, 0.5) is 5.13 Å². The van der Waals surface area contributed by atoms with Crippen LogP contribution in [0.3, 0.4) is 0 Å². The third-order valence-electron chi connectivity index (χ3n) is 5.16. The fourth-order valence-corrected chi connectivity index (χ4v) is 4.51. The maximum Gasteiger partial charge on any atom is 0.233 e. The SMILES string of the molecule is Cc1c(Cl)ccc2sc(N(Cc3ccco3)C(=O)Cc3ccc(C(C)C)cc3)nc12. The fourth-order valence-electron chi connectivity index (χ4n) is 3.32. The second-order valence-electron chi connectivity index (χ2n) is 7.65. The molecule has 0 aliphatic carbocycles. The highest BCUT2D eigenvalue weighted by molar-refractivity contribution is 7.22. The number of carbonyl (C=O) groups excluding carboxylic acids is 1. The van der Waals surface area contributed by atoms with Crippen molar-refractivity contribution in [2.24, 2.45) is 0 Å². The summed E-state index contributed by atoms with van der Waals surface area (Å²) in [6, 6.07) is 15.8. The van der Waals surface area contributed by atoms with E-state index in [0.717, 1.165) is 21.3 Å². The molecule has 154 valence electrons. The van der Waals surface area contributed by atoms with Crippen LogP contribution in [0.1, 0.15) is 42.2 Å². The average Bonchev–Trinajstić information content (AvgIpc) is 3.39. The van der Waals surface area contributed by atoms with Crippen molar-refractivity contribution in [3.63, 3.8) is 0 Å². The molecule has 0 saturated carbocycles. The van der Waals surface area contributed by atoms with Gasteiger partial charge < -0.3 is 4.42 Å². The first-order valence-corrected chi connectivity index (χ1v) is 11.1.